The van der Waals surface area contributed by atoms with Crippen LogP contribution in [0.3, 0.4) is 0 Å². The monoisotopic (exact) mass is 408 g/mol. The molecular formula is C13H21BrN4O4S. The van der Waals surface area contributed by atoms with Crippen LogP contribution in [-0.4, -0.2) is 66.4 Å². The van der Waals surface area contributed by atoms with Crippen LogP contribution in [0.1, 0.15) is 30.0 Å². The molecule has 2 N–H and O–H groups in total. The number of rotatable bonds is 5. The molecule has 8 nitrogen and oxygen atoms in total. The molecule has 0 aliphatic carbocycles. The Balaban J connectivity index is 1.90. The van der Waals surface area contributed by atoms with Gasteiger partial charge in [0.1, 0.15) is 0 Å². The third kappa shape index (κ3) is 4.52. The van der Waals surface area contributed by atoms with Crippen LogP contribution in [0.4, 0.5) is 0 Å². The number of aryl methyl sites for hydroxylation is 1. The summed E-state index contributed by atoms with van der Waals surface area (Å²) in [5.74, 6) is -0.570. The van der Waals surface area contributed by atoms with Crippen molar-refractivity contribution in [2.24, 2.45) is 0 Å². The molecule has 23 heavy (non-hydrogen) atoms. The minimum absolute atomic E-state index is 0.0274. The van der Waals surface area contributed by atoms with Crippen molar-refractivity contribution in [3.8, 4) is 0 Å². The zero-order valence-electron chi connectivity index (χ0n) is 13.3. The predicted octanol–water partition coefficient (Wildman–Crippen LogP) is 0.649. The maximum Gasteiger partial charge on any atom is 0.272 e. The molecule has 0 aromatic carbocycles. The minimum atomic E-state index is -3.43. The SMILES string of the molecule is Cc1[nH]nc(C(=O)NCCS(=O)(=O)N2CC(C)OC(C)C2)c1Br. The van der Waals surface area contributed by atoms with Crippen molar-refractivity contribution in [3.63, 3.8) is 0 Å². The summed E-state index contributed by atoms with van der Waals surface area (Å²) >= 11 is 3.26. The van der Waals surface area contributed by atoms with E-state index in [-0.39, 0.29) is 30.2 Å². The molecular weight excluding hydrogens is 388 g/mol. The number of morpholine rings is 1. The van der Waals surface area contributed by atoms with Gasteiger partial charge in [-0.25, -0.2) is 8.42 Å². The zero-order valence-corrected chi connectivity index (χ0v) is 15.7. The average Bonchev–Trinajstić information content (AvgIpc) is 2.77. The molecule has 130 valence electrons. The van der Waals surface area contributed by atoms with Crippen molar-refractivity contribution in [1.82, 2.24) is 19.8 Å². The van der Waals surface area contributed by atoms with E-state index < -0.39 is 15.9 Å². The molecule has 1 aromatic rings. The third-order valence-corrected chi connectivity index (χ3v) is 6.29. The van der Waals surface area contributed by atoms with E-state index in [0.29, 0.717) is 17.6 Å². The third-order valence-electron chi connectivity index (χ3n) is 3.51. The highest BCUT2D eigenvalue weighted by Crippen LogP contribution is 2.18. The first-order chi connectivity index (χ1) is 10.7. The van der Waals surface area contributed by atoms with Crippen LogP contribution in [0.25, 0.3) is 0 Å². The standard InChI is InChI=1S/C13H21BrN4O4S/c1-8-6-18(7-9(2)22-8)23(20,21)5-4-15-13(19)12-11(14)10(3)16-17-12/h8-9H,4-7H2,1-3H3,(H,15,19)(H,16,17). The maximum absolute atomic E-state index is 12.4. The lowest BCUT2D eigenvalue weighted by atomic mass is 10.3. The molecule has 2 heterocycles. The molecule has 1 aliphatic heterocycles. The number of nitrogens with zero attached hydrogens (tertiary/aromatic N) is 2. The molecule has 2 rings (SSSR count). The molecule has 1 aliphatic rings. The quantitative estimate of drug-likeness (QED) is 0.743. The number of ether oxygens (including phenoxy) is 1. The maximum atomic E-state index is 12.4. The van der Waals surface area contributed by atoms with Crippen molar-refractivity contribution in [2.45, 2.75) is 33.0 Å². The smallest absolute Gasteiger partial charge is 0.272 e. The Labute approximate surface area is 144 Å². The fraction of sp³-hybridized carbons (Fsp3) is 0.692. The molecule has 0 bridgehead atoms. The molecule has 1 aromatic heterocycles. The van der Waals surface area contributed by atoms with Crippen molar-refractivity contribution in [1.29, 1.82) is 0 Å². The normalized spacial score (nSPS) is 23.0. The van der Waals surface area contributed by atoms with Gasteiger partial charge in [0.15, 0.2) is 5.69 Å². The van der Waals surface area contributed by atoms with Gasteiger partial charge in [0, 0.05) is 25.3 Å². The van der Waals surface area contributed by atoms with Crippen LogP contribution in [0, 0.1) is 6.92 Å². The number of hydrogen-bond donors (Lipinski definition) is 2. The molecule has 10 heteroatoms. The number of nitrogens with one attached hydrogen (secondary N) is 2. The second-order valence-corrected chi connectivity index (χ2v) is 8.54. The van der Waals surface area contributed by atoms with Gasteiger partial charge in [-0.15, -0.1) is 0 Å². The van der Waals surface area contributed by atoms with Crippen LogP contribution in [0.15, 0.2) is 4.47 Å². The second kappa shape index (κ2) is 7.29. The van der Waals surface area contributed by atoms with Crippen molar-refractivity contribution in [2.75, 3.05) is 25.4 Å². The summed E-state index contributed by atoms with van der Waals surface area (Å²) in [4.78, 5) is 12.0. The lowest BCUT2D eigenvalue weighted by Gasteiger charge is -2.34. The summed E-state index contributed by atoms with van der Waals surface area (Å²) in [5, 5.41) is 9.15. The largest absolute Gasteiger partial charge is 0.373 e. The Hall–Kier alpha value is -0.970. The molecule has 1 fully saturated rings. The van der Waals surface area contributed by atoms with Gasteiger partial charge in [0.2, 0.25) is 10.0 Å². The van der Waals surface area contributed by atoms with Gasteiger partial charge < -0.3 is 10.1 Å². The van der Waals surface area contributed by atoms with Crippen LogP contribution in [-0.2, 0) is 14.8 Å². The van der Waals surface area contributed by atoms with E-state index in [0.717, 1.165) is 5.69 Å². The second-order valence-electron chi connectivity index (χ2n) is 5.66. The molecule has 2 unspecified atom stereocenters. The molecule has 2 atom stereocenters. The number of carbonyl (C=O) groups excluding carboxylic acids is 1. The Morgan fingerprint density at radius 1 is 1.43 bits per heavy atom. The Morgan fingerprint density at radius 2 is 2.04 bits per heavy atom. The first kappa shape index (κ1) is 18.4. The van der Waals surface area contributed by atoms with E-state index in [1.54, 1.807) is 6.92 Å². The van der Waals surface area contributed by atoms with E-state index >= 15 is 0 Å². The van der Waals surface area contributed by atoms with Crippen LogP contribution in [0.5, 0.6) is 0 Å². The lowest BCUT2D eigenvalue weighted by Crippen LogP contribution is -2.49. The van der Waals surface area contributed by atoms with Crippen LogP contribution >= 0.6 is 15.9 Å². The van der Waals surface area contributed by atoms with Crippen molar-refractivity contribution >= 4 is 31.9 Å². The van der Waals surface area contributed by atoms with Crippen molar-refractivity contribution < 1.29 is 17.9 Å². The summed E-state index contributed by atoms with van der Waals surface area (Å²) in [6.07, 6.45) is -0.266. The zero-order chi connectivity index (χ0) is 17.2. The van der Waals surface area contributed by atoms with Gasteiger partial charge in [-0.3, -0.25) is 9.89 Å². The first-order valence-electron chi connectivity index (χ1n) is 7.32. The highest BCUT2D eigenvalue weighted by Gasteiger charge is 2.30. The molecule has 0 radical (unpaired) electrons. The Bertz CT molecular complexity index is 666. The predicted molar refractivity (Wildman–Crippen MR) is 88.7 cm³/mol. The van der Waals surface area contributed by atoms with Gasteiger partial charge >= 0.3 is 0 Å². The number of carbonyl (C=O) groups is 1. The van der Waals surface area contributed by atoms with Crippen LogP contribution in [0.2, 0.25) is 0 Å². The molecule has 1 saturated heterocycles. The summed E-state index contributed by atoms with van der Waals surface area (Å²) in [5.41, 5.74) is 0.951. The van der Waals surface area contributed by atoms with E-state index in [1.165, 1.54) is 4.31 Å². The Kier molecular flexibility index (Phi) is 5.82. The van der Waals surface area contributed by atoms with E-state index in [1.807, 2.05) is 13.8 Å². The highest BCUT2D eigenvalue weighted by atomic mass is 79.9. The first-order valence-corrected chi connectivity index (χ1v) is 9.73. The number of aromatic nitrogens is 2. The number of hydrogen-bond acceptors (Lipinski definition) is 5. The average molecular weight is 409 g/mol. The van der Waals surface area contributed by atoms with E-state index in [2.05, 4.69) is 31.4 Å². The summed E-state index contributed by atoms with van der Waals surface area (Å²) in [7, 11) is -3.43. The van der Waals surface area contributed by atoms with E-state index in [4.69, 9.17) is 4.74 Å². The minimum Gasteiger partial charge on any atom is -0.373 e. The molecule has 0 spiro atoms. The lowest BCUT2D eigenvalue weighted by molar-refractivity contribution is -0.0440. The number of halogens is 1. The number of amides is 1. The summed E-state index contributed by atoms with van der Waals surface area (Å²) < 4.78 is 32.2. The number of aromatic amines is 1. The fourth-order valence-electron chi connectivity index (χ4n) is 2.43. The topological polar surface area (TPSA) is 104 Å². The number of sulfonamides is 1. The fourth-order valence-corrected chi connectivity index (χ4v) is 4.28. The van der Waals surface area contributed by atoms with E-state index in [9.17, 15) is 13.2 Å². The summed E-state index contributed by atoms with van der Waals surface area (Å²) in [6, 6.07) is 0. The summed E-state index contributed by atoms with van der Waals surface area (Å²) in [6.45, 7) is 6.17. The van der Waals surface area contributed by atoms with Crippen LogP contribution < -0.4 is 5.32 Å². The van der Waals surface area contributed by atoms with Gasteiger partial charge in [-0.1, -0.05) is 0 Å². The van der Waals surface area contributed by atoms with Gasteiger partial charge in [0.05, 0.1) is 22.4 Å². The van der Waals surface area contributed by atoms with Gasteiger partial charge in [-0.2, -0.15) is 9.40 Å². The highest BCUT2D eigenvalue weighted by molar-refractivity contribution is 9.10. The molecule has 0 saturated carbocycles. The van der Waals surface area contributed by atoms with Crippen molar-refractivity contribution in [3.05, 3.63) is 15.9 Å². The molecule has 1 amide bonds. The number of H-pyrrole nitrogens is 1. The van der Waals surface area contributed by atoms with Gasteiger partial charge in [-0.05, 0) is 36.7 Å². The van der Waals surface area contributed by atoms with Gasteiger partial charge in [0.25, 0.3) is 5.91 Å². The Morgan fingerprint density at radius 3 is 2.57 bits per heavy atom.